The number of hydrogen-bond donors (Lipinski definition) is 2. The van der Waals surface area contributed by atoms with Crippen LogP contribution in [-0.4, -0.2) is 23.4 Å². The molecule has 0 atom stereocenters. The highest BCUT2D eigenvalue weighted by atomic mass is 16.6. The summed E-state index contributed by atoms with van der Waals surface area (Å²) in [5, 5.41) is 13.8. The molecule has 8 heteroatoms. The Morgan fingerprint density at radius 2 is 1.88 bits per heavy atom. The topological polar surface area (TPSA) is 105 Å². The zero-order chi connectivity index (χ0) is 12.4. The van der Waals surface area contributed by atoms with Gasteiger partial charge in [-0.3, -0.25) is 25.2 Å². The van der Waals surface area contributed by atoms with E-state index < -0.39 is 16.9 Å². The van der Waals surface area contributed by atoms with Crippen LogP contribution in [0.5, 0.6) is 0 Å². The number of rotatable bonds is 2. The third-order valence-electron chi connectivity index (χ3n) is 2.16. The Morgan fingerprint density at radius 1 is 1.24 bits per heavy atom. The lowest BCUT2D eigenvalue weighted by atomic mass is 10.2. The maximum atomic E-state index is 11.1. The van der Waals surface area contributed by atoms with E-state index in [0.717, 1.165) is 0 Å². The van der Waals surface area contributed by atoms with E-state index in [1.165, 1.54) is 29.3 Å². The first-order valence-electron chi connectivity index (χ1n) is 4.69. The molecule has 0 spiro atoms. The zero-order valence-corrected chi connectivity index (χ0v) is 8.54. The first-order chi connectivity index (χ1) is 8.06. The van der Waals surface area contributed by atoms with Gasteiger partial charge in [0.15, 0.2) is 0 Å². The minimum Gasteiger partial charge on any atom is -0.275 e. The molecule has 0 saturated carbocycles. The Kier molecular flexibility index (Phi) is 2.61. The van der Waals surface area contributed by atoms with Crippen LogP contribution in [0.4, 0.5) is 16.2 Å². The molecule has 1 fully saturated rings. The first-order valence-corrected chi connectivity index (χ1v) is 4.69. The second-order valence-electron chi connectivity index (χ2n) is 3.35. The summed E-state index contributed by atoms with van der Waals surface area (Å²) in [6.45, 7) is -0.0381. The number of amides is 3. The number of anilines is 1. The third kappa shape index (κ3) is 2.30. The second-order valence-corrected chi connectivity index (χ2v) is 3.35. The van der Waals surface area contributed by atoms with Gasteiger partial charge in [-0.2, -0.15) is 0 Å². The number of urea groups is 1. The van der Waals surface area contributed by atoms with Crippen LogP contribution in [0.2, 0.25) is 0 Å². The molecule has 1 aliphatic rings. The number of carbonyl (C=O) groups is 2. The van der Waals surface area contributed by atoms with Gasteiger partial charge < -0.3 is 0 Å². The van der Waals surface area contributed by atoms with Crippen molar-refractivity contribution < 1.29 is 14.5 Å². The average Bonchev–Trinajstić information content (AvgIpc) is 2.28. The minimum absolute atomic E-state index is 0.0381. The van der Waals surface area contributed by atoms with Crippen LogP contribution in [0.25, 0.3) is 0 Å². The number of nitrogens with zero attached hydrogens (tertiary/aromatic N) is 2. The van der Waals surface area contributed by atoms with Crippen molar-refractivity contribution in [2.45, 2.75) is 0 Å². The van der Waals surface area contributed by atoms with Gasteiger partial charge in [0.25, 0.3) is 5.69 Å². The highest BCUT2D eigenvalue weighted by Crippen LogP contribution is 2.18. The summed E-state index contributed by atoms with van der Waals surface area (Å²) in [5.74, 6) is -0.438. The molecule has 1 heterocycles. The van der Waals surface area contributed by atoms with Crippen LogP contribution < -0.4 is 15.8 Å². The van der Waals surface area contributed by atoms with Gasteiger partial charge in [0.2, 0.25) is 5.91 Å². The van der Waals surface area contributed by atoms with Crippen molar-refractivity contribution in [2.24, 2.45) is 0 Å². The van der Waals surface area contributed by atoms with Gasteiger partial charge in [-0.25, -0.2) is 10.2 Å². The third-order valence-corrected chi connectivity index (χ3v) is 2.16. The normalized spacial score (nSPS) is 15.2. The molecule has 3 amide bonds. The predicted molar refractivity (Wildman–Crippen MR) is 57.1 cm³/mol. The Labute approximate surface area is 95.3 Å². The maximum absolute atomic E-state index is 11.1. The van der Waals surface area contributed by atoms with E-state index in [4.69, 9.17) is 0 Å². The molecule has 2 rings (SSSR count). The van der Waals surface area contributed by atoms with Gasteiger partial charge in [-0.1, -0.05) is 0 Å². The summed E-state index contributed by atoms with van der Waals surface area (Å²) in [6, 6.07) is 4.88. The average molecular weight is 236 g/mol. The lowest BCUT2D eigenvalue weighted by molar-refractivity contribution is -0.384. The van der Waals surface area contributed by atoms with Crippen LogP contribution in [0.15, 0.2) is 24.3 Å². The van der Waals surface area contributed by atoms with Crippen molar-refractivity contribution in [3.63, 3.8) is 0 Å². The number of benzene rings is 1. The molecule has 0 radical (unpaired) electrons. The Morgan fingerprint density at radius 3 is 2.41 bits per heavy atom. The fraction of sp³-hybridized carbons (Fsp3) is 0.111. The Hall–Kier alpha value is -2.64. The van der Waals surface area contributed by atoms with Gasteiger partial charge in [-0.05, 0) is 12.1 Å². The van der Waals surface area contributed by atoms with Gasteiger partial charge >= 0.3 is 6.03 Å². The number of hydrogen-bond acceptors (Lipinski definition) is 5. The molecule has 0 aromatic heterocycles. The van der Waals surface area contributed by atoms with Crippen molar-refractivity contribution in [2.75, 3.05) is 11.6 Å². The molecule has 0 bridgehead atoms. The van der Waals surface area contributed by atoms with Crippen molar-refractivity contribution in [3.05, 3.63) is 34.4 Å². The quantitative estimate of drug-likeness (QED) is 0.562. The van der Waals surface area contributed by atoms with E-state index in [0.29, 0.717) is 5.69 Å². The standard InChI is InChI=1S/C9H8N4O4/c14-8-5-12(11-9(15)10-8)6-1-3-7(4-2-6)13(16)17/h1-4H,5H2,(H2,10,11,14,15). The fourth-order valence-electron chi connectivity index (χ4n) is 1.41. The molecule has 8 nitrogen and oxygen atoms in total. The molecule has 1 aliphatic heterocycles. The summed E-state index contributed by atoms with van der Waals surface area (Å²) < 4.78 is 0. The predicted octanol–water partition coefficient (Wildman–Crippen LogP) is 0.156. The number of carbonyl (C=O) groups excluding carboxylic acids is 2. The Balaban J connectivity index is 2.19. The number of imide groups is 1. The lowest BCUT2D eigenvalue weighted by Gasteiger charge is -2.28. The van der Waals surface area contributed by atoms with Crippen LogP contribution >= 0.6 is 0 Å². The molecule has 0 aliphatic carbocycles. The SMILES string of the molecule is O=C1CN(c2ccc([N+](=O)[O-])cc2)NC(=O)N1. The molecular formula is C9H8N4O4. The highest BCUT2D eigenvalue weighted by molar-refractivity contribution is 6.00. The van der Waals surface area contributed by atoms with Gasteiger partial charge in [-0.15, -0.1) is 0 Å². The minimum atomic E-state index is -0.625. The molecular weight excluding hydrogens is 228 g/mol. The van der Waals surface area contributed by atoms with Crippen LogP contribution in [-0.2, 0) is 4.79 Å². The molecule has 2 N–H and O–H groups in total. The van der Waals surface area contributed by atoms with E-state index in [-0.39, 0.29) is 12.2 Å². The summed E-state index contributed by atoms with van der Waals surface area (Å²) in [4.78, 5) is 32.1. The van der Waals surface area contributed by atoms with Crippen molar-refractivity contribution in [1.29, 1.82) is 0 Å². The number of nitro benzene ring substituents is 1. The second kappa shape index (κ2) is 4.08. The van der Waals surface area contributed by atoms with Crippen LogP contribution in [0.1, 0.15) is 0 Å². The molecule has 88 valence electrons. The highest BCUT2D eigenvalue weighted by Gasteiger charge is 2.22. The molecule has 1 aromatic carbocycles. The zero-order valence-electron chi connectivity index (χ0n) is 8.54. The lowest BCUT2D eigenvalue weighted by Crippen LogP contribution is -2.59. The first kappa shape index (κ1) is 10.9. The van der Waals surface area contributed by atoms with Crippen LogP contribution in [0.3, 0.4) is 0 Å². The number of nitro groups is 1. The van der Waals surface area contributed by atoms with Crippen molar-refractivity contribution in [1.82, 2.24) is 10.7 Å². The van der Waals surface area contributed by atoms with Crippen LogP contribution in [0, 0.1) is 10.1 Å². The van der Waals surface area contributed by atoms with Crippen molar-refractivity contribution >= 4 is 23.3 Å². The van der Waals surface area contributed by atoms with Gasteiger partial charge in [0.05, 0.1) is 10.6 Å². The van der Waals surface area contributed by atoms with E-state index in [2.05, 4.69) is 10.7 Å². The Bertz CT molecular complexity index is 468. The van der Waals surface area contributed by atoms with E-state index in [1.54, 1.807) is 0 Å². The van der Waals surface area contributed by atoms with E-state index >= 15 is 0 Å². The summed E-state index contributed by atoms with van der Waals surface area (Å²) in [6.07, 6.45) is 0. The molecule has 17 heavy (non-hydrogen) atoms. The fourth-order valence-corrected chi connectivity index (χ4v) is 1.41. The monoisotopic (exact) mass is 236 g/mol. The summed E-state index contributed by atoms with van der Waals surface area (Å²) in [7, 11) is 0. The van der Waals surface area contributed by atoms with E-state index in [9.17, 15) is 19.7 Å². The number of hydrazine groups is 1. The molecule has 1 aromatic rings. The molecule has 0 unspecified atom stereocenters. The smallest absolute Gasteiger partial charge is 0.275 e. The maximum Gasteiger partial charge on any atom is 0.340 e. The van der Waals surface area contributed by atoms with Gasteiger partial charge in [0, 0.05) is 12.1 Å². The van der Waals surface area contributed by atoms with Gasteiger partial charge in [0.1, 0.15) is 6.54 Å². The molecule has 1 saturated heterocycles. The van der Waals surface area contributed by atoms with Crippen molar-refractivity contribution in [3.8, 4) is 0 Å². The summed E-state index contributed by atoms with van der Waals surface area (Å²) in [5.41, 5.74) is 2.85. The van der Waals surface area contributed by atoms with E-state index in [1.807, 2.05) is 0 Å². The number of nitrogens with one attached hydrogen (secondary N) is 2. The largest absolute Gasteiger partial charge is 0.340 e. The number of non-ortho nitro benzene ring substituents is 1. The summed E-state index contributed by atoms with van der Waals surface area (Å²) >= 11 is 0.